The quantitative estimate of drug-likeness (QED) is 0.794. The van der Waals surface area contributed by atoms with Crippen molar-refractivity contribution in [2.75, 3.05) is 18.9 Å². The number of rotatable bonds is 3. The number of amides is 2. The fraction of sp³-hybridized carbons (Fsp3) is 0.357. The predicted octanol–water partition coefficient (Wildman–Crippen LogP) is 2.40. The first-order valence-corrected chi connectivity index (χ1v) is 6.17. The van der Waals surface area contributed by atoms with Gasteiger partial charge < -0.3 is 20.3 Å². The van der Waals surface area contributed by atoms with Gasteiger partial charge in [0, 0.05) is 29.8 Å². The standard InChI is InChI=1S/C14H19N3O2/c1-14(2,19)9-17(3)13(18)16-11-4-5-12-10(8-11)6-7-15-12/h4-8,15,19H,9H2,1-3H3,(H,16,18). The van der Waals surface area contributed by atoms with E-state index in [-0.39, 0.29) is 12.6 Å². The number of nitrogens with one attached hydrogen (secondary N) is 2. The van der Waals surface area contributed by atoms with E-state index in [1.54, 1.807) is 20.9 Å². The zero-order chi connectivity index (χ0) is 14.0. The minimum atomic E-state index is -0.906. The SMILES string of the molecule is CN(CC(C)(C)O)C(=O)Nc1ccc2[nH]ccc2c1. The summed E-state index contributed by atoms with van der Waals surface area (Å²) in [6.45, 7) is 3.61. The maximum atomic E-state index is 12.0. The van der Waals surface area contributed by atoms with Crippen LogP contribution in [0.1, 0.15) is 13.8 Å². The molecule has 0 radical (unpaired) electrons. The van der Waals surface area contributed by atoms with Crippen molar-refractivity contribution < 1.29 is 9.90 Å². The number of nitrogens with zero attached hydrogens (tertiary/aromatic N) is 1. The lowest BCUT2D eigenvalue weighted by Gasteiger charge is -2.25. The molecule has 2 amide bonds. The van der Waals surface area contributed by atoms with Gasteiger partial charge in [0.15, 0.2) is 0 Å². The van der Waals surface area contributed by atoms with Crippen molar-refractivity contribution in [3.63, 3.8) is 0 Å². The average molecular weight is 261 g/mol. The number of fused-ring (bicyclic) bond motifs is 1. The van der Waals surface area contributed by atoms with Gasteiger partial charge in [0.25, 0.3) is 0 Å². The summed E-state index contributed by atoms with van der Waals surface area (Å²) in [4.78, 5) is 16.5. The lowest BCUT2D eigenvalue weighted by Crippen LogP contribution is -2.41. The van der Waals surface area contributed by atoms with E-state index in [0.29, 0.717) is 0 Å². The second kappa shape index (κ2) is 4.93. The van der Waals surface area contributed by atoms with Crippen molar-refractivity contribution in [3.05, 3.63) is 30.5 Å². The Labute approximate surface area is 112 Å². The predicted molar refractivity (Wildman–Crippen MR) is 76.2 cm³/mol. The molecule has 0 bridgehead atoms. The van der Waals surface area contributed by atoms with E-state index in [9.17, 15) is 9.90 Å². The minimum absolute atomic E-state index is 0.239. The molecule has 102 valence electrons. The van der Waals surface area contributed by atoms with Gasteiger partial charge in [-0.25, -0.2) is 4.79 Å². The first-order chi connectivity index (χ1) is 8.85. The van der Waals surface area contributed by atoms with Gasteiger partial charge in [0.05, 0.1) is 12.1 Å². The van der Waals surface area contributed by atoms with E-state index in [0.717, 1.165) is 16.6 Å². The van der Waals surface area contributed by atoms with Crippen molar-refractivity contribution in [2.24, 2.45) is 0 Å². The molecule has 3 N–H and O–H groups in total. The third kappa shape index (κ3) is 3.48. The number of likely N-dealkylation sites (N-methyl/N-ethyl adjacent to an activating group) is 1. The molecule has 1 aromatic carbocycles. The molecular weight excluding hydrogens is 242 g/mol. The maximum Gasteiger partial charge on any atom is 0.321 e. The third-order valence-corrected chi connectivity index (χ3v) is 2.78. The average Bonchev–Trinajstić information content (AvgIpc) is 2.73. The molecular formula is C14H19N3O2. The summed E-state index contributed by atoms with van der Waals surface area (Å²) >= 11 is 0. The van der Waals surface area contributed by atoms with Gasteiger partial charge in [-0.3, -0.25) is 0 Å². The highest BCUT2D eigenvalue weighted by Gasteiger charge is 2.19. The molecule has 0 saturated heterocycles. The molecule has 19 heavy (non-hydrogen) atoms. The van der Waals surface area contributed by atoms with Crippen LogP contribution in [0.3, 0.4) is 0 Å². The summed E-state index contributed by atoms with van der Waals surface area (Å²) in [5.74, 6) is 0. The smallest absolute Gasteiger partial charge is 0.321 e. The van der Waals surface area contributed by atoms with Gasteiger partial charge in [-0.15, -0.1) is 0 Å². The number of aromatic amines is 1. The number of H-pyrrole nitrogens is 1. The van der Waals surface area contributed by atoms with Gasteiger partial charge in [-0.2, -0.15) is 0 Å². The fourth-order valence-corrected chi connectivity index (χ4v) is 2.00. The number of aromatic nitrogens is 1. The summed E-state index contributed by atoms with van der Waals surface area (Å²) in [5.41, 5.74) is 0.860. The van der Waals surface area contributed by atoms with Crippen LogP contribution >= 0.6 is 0 Å². The number of benzene rings is 1. The number of hydrogen-bond donors (Lipinski definition) is 3. The number of hydrogen-bond acceptors (Lipinski definition) is 2. The topological polar surface area (TPSA) is 68.4 Å². The first-order valence-electron chi connectivity index (χ1n) is 6.17. The van der Waals surface area contributed by atoms with Crippen LogP contribution < -0.4 is 5.32 Å². The van der Waals surface area contributed by atoms with Crippen LogP contribution in [0.15, 0.2) is 30.5 Å². The zero-order valence-corrected chi connectivity index (χ0v) is 11.4. The largest absolute Gasteiger partial charge is 0.389 e. The van der Waals surface area contributed by atoms with Gasteiger partial charge in [0.2, 0.25) is 0 Å². The van der Waals surface area contributed by atoms with Gasteiger partial charge in [-0.05, 0) is 38.1 Å². The van der Waals surface area contributed by atoms with E-state index >= 15 is 0 Å². The molecule has 5 nitrogen and oxygen atoms in total. The molecule has 1 aromatic heterocycles. The first kappa shape index (κ1) is 13.4. The monoisotopic (exact) mass is 261 g/mol. The molecule has 2 rings (SSSR count). The van der Waals surface area contributed by atoms with E-state index in [2.05, 4.69) is 10.3 Å². The minimum Gasteiger partial charge on any atom is -0.389 e. The van der Waals surface area contributed by atoms with Crippen LogP contribution in [0, 0.1) is 0 Å². The number of aliphatic hydroxyl groups is 1. The third-order valence-electron chi connectivity index (χ3n) is 2.78. The summed E-state index contributed by atoms with van der Waals surface area (Å²) in [6.07, 6.45) is 1.86. The lowest BCUT2D eigenvalue weighted by molar-refractivity contribution is 0.0550. The fourth-order valence-electron chi connectivity index (χ4n) is 2.00. The summed E-state index contributed by atoms with van der Waals surface area (Å²) in [7, 11) is 1.65. The Morgan fingerprint density at radius 3 is 2.84 bits per heavy atom. The molecule has 5 heteroatoms. The van der Waals surface area contributed by atoms with E-state index in [4.69, 9.17) is 0 Å². The summed E-state index contributed by atoms with van der Waals surface area (Å²) < 4.78 is 0. The van der Waals surface area contributed by atoms with Crippen molar-refractivity contribution >= 4 is 22.6 Å². The lowest BCUT2D eigenvalue weighted by atomic mass is 10.1. The Balaban J connectivity index is 2.05. The van der Waals surface area contributed by atoms with Gasteiger partial charge >= 0.3 is 6.03 Å². The van der Waals surface area contributed by atoms with Crippen LogP contribution in [-0.2, 0) is 0 Å². The van der Waals surface area contributed by atoms with Gasteiger partial charge in [0.1, 0.15) is 0 Å². The second-order valence-corrected chi connectivity index (χ2v) is 5.38. The van der Waals surface area contributed by atoms with Crippen LogP contribution in [0.4, 0.5) is 10.5 Å². The highest BCUT2D eigenvalue weighted by molar-refractivity contribution is 5.92. The Morgan fingerprint density at radius 2 is 2.16 bits per heavy atom. The molecule has 2 aromatic rings. The van der Waals surface area contributed by atoms with Crippen molar-refractivity contribution in [2.45, 2.75) is 19.4 Å². The van der Waals surface area contributed by atoms with Crippen LogP contribution in [0.2, 0.25) is 0 Å². The summed E-state index contributed by atoms with van der Waals surface area (Å²) in [5, 5.41) is 13.5. The highest BCUT2D eigenvalue weighted by atomic mass is 16.3. The van der Waals surface area contributed by atoms with E-state index in [1.165, 1.54) is 4.90 Å². The Morgan fingerprint density at radius 1 is 1.42 bits per heavy atom. The van der Waals surface area contributed by atoms with E-state index in [1.807, 2.05) is 30.5 Å². The Hall–Kier alpha value is -2.01. The number of carbonyl (C=O) groups is 1. The molecule has 0 fully saturated rings. The maximum absolute atomic E-state index is 12.0. The van der Waals surface area contributed by atoms with E-state index < -0.39 is 5.60 Å². The number of urea groups is 1. The Bertz CT molecular complexity index is 584. The molecule has 0 aliphatic carbocycles. The van der Waals surface area contributed by atoms with Crippen LogP contribution in [0.25, 0.3) is 10.9 Å². The molecule has 0 saturated carbocycles. The molecule has 1 heterocycles. The zero-order valence-electron chi connectivity index (χ0n) is 11.4. The number of carbonyl (C=O) groups excluding carboxylic acids is 1. The molecule has 0 spiro atoms. The molecule has 0 aliphatic heterocycles. The van der Waals surface area contributed by atoms with Crippen LogP contribution in [0.5, 0.6) is 0 Å². The normalized spacial score (nSPS) is 11.6. The molecule has 0 unspecified atom stereocenters. The number of anilines is 1. The second-order valence-electron chi connectivity index (χ2n) is 5.38. The van der Waals surface area contributed by atoms with Crippen LogP contribution in [-0.4, -0.2) is 40.2 Å². The highest BCUT2D eigenvalue weighted by Crippen LogP contribution is 2.18. The van der Waals surface area contributed by atoms with Gasteiger partial charge in [-0.1, -0.05) is 0 Å². The summed E-state index contributed by atoms with van der Waals surface area (Å²) in [6, 6.07) is 7.37. The Kier molecular flexibility index (Phi) is 3.48. The molecule has 0 aliphatic rings. The molecule has 0 atom stereocenters. The van der Waals surface area contributed by atoms with Crippen molar-refractivity contribution in [1.82, 2.24) is 9.88 Å². The van der Waals surface area contributed by atoms with Crippen molar-refractivity contribution in [1.29, 1.82) is 0 Å². The van der Waals surface area contributed by atoms with Crippen molar-refractivity contribution in [3.8, 4) is 0 Å².